The lowest BCUT2D eigenvalue weighted by atomic mass is 9.98. The third-order valence-corrected chi connectivity index (χ3v) is 4.17. The zero-order valence-corrected chi connectivity index (χ0v) is 13.1. The molecule has 0 amide bonds. The van der Waals surface area contributed by atoms with Crippen molar-refractivity contribution < 1.29 is 0 Å². The first-order valence-electron chi connectivity index (χ1n) is 7.55. The van der Waals surface area contributed by atoms with E-state index in [-0.39, 0.29) is 0 Å². The normalized spacial score (nSPS) is 11.0. The van der Waals surface area contributed by atoms with Gasteiger partial charge in [0, 0.05) is 29.1 Å². The van der Waals surface area contributed by atoms with E-state index >= 15 is 0 Å². The van der Waals surface area contributed by atoms with E-state index in [2.05, 4.69) is 59.2 Å². The zero-order chi connectivity index (χ0) is 15.8. The number of aryl methyl sites for hydroxylation is 2. The fourth-order valence-corrected chi connectivity index (χ4v) is 2.73. The highest BCUT2D eigenvalue weighted by Crippen LogP contribution is 2.31. The van der Waals surface area contributed by atoms with E-state index in [4.69, 9.17) is 0 Å². The van der Waals surface area contributed by atoms with Crippen LogP contribution in [0.2, 0.25) is 0 Å². The molecule has 0 bridgehead atoms. The summed E-state index contributed by atoms with van der Waals surface area (Å²) >= 11 is 0. The summed E-state index contributed by atoms with van der Waals surface area (Å²) in [6, 6.07) is 14.5. The van der Waals surface area contributed by atoms with Crippen molar-refractivity contribution in [2.75, 3.05) is 0 Å². The third-order valence-electron chi connectivity index (χ3n) is 4.17. The summed E-state index contributed by atoms with van der Waals surface area (Å²) in [6.45, 7) is 4.25. The van der Waals surface area contributed by atoms with Gasteiger partial charge in [0.25, 0.3) is 0 Å². The number of benzene rings is 1. The molecule has 0 N–H and O–H groups in total. The van der Waals surface area contributed by atoms with Crippen molar-refractivity contribution in [3.8, 4) is 22.4 Å². The highest BCUT2D eigenvalue weighted by atomic mass is 15.3. The predicted molar refractivity (Wildman–Crippen MR) is 91.1 cm³/mol. The van der Waals surface area contributed by atoms with Gasteiger partial charge in [-0.15, -0.1) is 0 Å². The van der Waals surface area contributed by atoms with E-state index in [0.29, 0.717) is 0 Å². The molecule has 0 fully saturated rings. The Bertz CT molecular complexity index is 1000. The molecule has 4 nitrogen and oxygen atoms in total. The van der Waals surface area contributed by atoms with Crippen molar-refractivity contribution in [2.45, 2.75) is 13.8 Å². The fourth-order valence-electron chi connectivity index (χ4n) is 2.73. The molecule has 23 heavy (non-hydrogen) atoms. The molecule has 0 saturated carbocycles. The van der Waals surface area contributed by atoms with Gasteiger partial charge in [-0.05, 0) is 49.2 Å². The minimum Gasteiger partial charge on any atom is -0.256 e. The van der Waals surface area contributed by atoms with Gasteiger partial charge in [0.2, 0.25) is 0 Å². The summed E-state index contributed by atoms with van der Waals surface area (Å²) in [5, 5.41) is 4.22. The number of nitrogens with zero attached hydrogens (tertiary/aromatic N) is 4. The third kappa shape index (κ3) is 2.38. The second-order valence-electron chi connectivity index (χ2n) is 5.68. The summed E-state index contributed by atoms with van der Waals surface area (Å²) in [6.07, 6.45) is 5.39. The predicted octanol–water partition coefficient (Wildman–Crippen LogP) is 4.08. The van der Waals surface area contributed by atoms with Crippen LogP contribution in [-0.4, -0.2) is 19.6 Å². The van der Waals surface area contributed by atoms with Gasteiger partial charge in [-0.25, -0.2) is 9.50 Å². The highest BCUT2D eigenvalue weighted by molar-refractivity contribution is 5.81. The van der Waals surface area contributed by atoms with E-state index in [1.165, 1.54) is 11.1 Å². The summed E-state index contributed by atoms with van der Waals surface area (Å²) < 4.78 is 1.78. The Balaban J connectivity index is 1.90. The van der Waals surface area contributed by atoms with Gasteiger partial charge >= 0.3 is 0 Å². The molecule has 1 aromatic carbocycles. The van der Waals surface area contributed by atoms with Crippen LogP contribution in [0.5, 0.6) is 0 Å². The summed E-state index contributed by atoms with van der Waals surface area (Å²) in [5.74, 6) is 0. The second-order valence-corrected chi connectivity index (χ2v) is 5.68. The maximum Gasteiger partial charge on any atom is 0.155 e. The van der Waals surface area contributed by atoms with Crippen molar-refractivity contribution in [3.05, 3.63) is 72.3 Å². The van der Waals surface area contributed by atoms with Gasteiger partial charge in [-0.3, -0.25) is 4.98 Å². The molecule has 0 saturated heterocycles. The van der Waals surface area contributed by atoms with Gasteiger partial charge in [-0.2, -0.15) is 5.10 Å². The minimum atomic E-state index is 0.838. The Morgan fingerprint density at radius 2 is 1.74 bits per heavy atom. The van der Waals surface area contributed by atoms with E-state index in [0.717, 1.165) is 28.0 Å². The van der Waals surface area contributed by atoms with Crippen LogP contribution in [0.4, 0.5) is 0 Å². The maximum atomic E-state index is 4.62. The first-order valence-corrected chi connectivity index (χ1v) is 7.55. The van der Waals surface area contributed by atoms with Crippen molar-refractivity contribution in [1.82, 2.24) is 19.6 Å². The van der Waals surface area contributed by atoms with E-state index in [1.807, 2.05) is 24.5 Å². The Morgan fingerprint density at radius 1 is 0.870 bits per heavy atom. The van der Waals surface area contributed by atoms with Crippen molar-refractivity contribution in [1.29, 1.82) is 0 Å². The van der Waals surface area contributed by atoms with Crippen LogP contribution < -0.4 is 0 Å². The van der Waals surface area contributed by atoms with Gasteiger partial charge in [-0.1, -0.05) is 18.2 Å². The van der Waals surface area contributed by atoms with E-state index in [9.17, 15) is 0 Å². The van der Waals surface area contributed by atoms with Crippen LogP contribution in [0.25, 0.3) is 28.0 Å². The lowest BCUT2D eigenvalue weighted by Crippen LogP contribution is -1.93. The first-order chi connectivity index (χ1) is 11.2. The summed E-state index contributed by atoms with van der Waals surface area (Å²) in [4.78, 5) is 8.81. The fraction of sp³-hybridized carbons (Fsp3) is 0.105. The molecular weight excluding hydrogens is 284 g/mol. The van der Waals surface area contributed by atoms with Crippen molar-refractivity contribution >= 4 is 5.65 Å². The quantitative estimate of drug-likeness (QED) is 0.560. The van der Waals surface area contributed by atoms with Gasteiger partial charge in [0.15, 0.2) is 5.65 Å². The molecule has 4 heteroatoms. The number of pyridine rings is 2. The Morgan fingerprint density at radius 3 is 2.61 bits per heavy atom. The molecule has 0 unspecified atom stereocenters. The van der Waals surface area contributed by atoms with Crippen LogP contribution in [-0.2, 0) is 0 Å². The maximum absolute atomic E-state index is 4.62. The lowest BCUT2D eigenvalue weighted by molar-refractivity contribution is 0.962. The number of rotatable bonds is 2. The molecule has 0 aliphatic heterocycles. The molecule has 0 aliphatic rings. The molecule has 3 heterocycles. The molecule has 3 aromatic heterocycles. The molecule has 4 aromatic rings. The summed E-state index contributed by atoms with van der Waals surface area (Å²) in [5.41, 5.74) is 7.67. The average Bonchev–Trinajstić information content (AvgIpc) is 3.05. The van der Waals surface area contributed by atoms with E-state index in [1.54, 1.807) is 10.8 Å². The van der Waals surface area contributed by atoms with Crippen molar-refractivity contribution in [3.63, 3.8) is 0 Å². The lowest BCUT2D eigenvalue weighted by Gasteiger charge is -2.10. The minimum absolute atomic E-state index is 0.838. The molecule has 4 rings (SSSR count). The standard InChI is InChI=1S/C19H16N4/c1-13-5-6-15(10-14(13)2)19-17(4-3-9-20-19)16-7-8-18-21-12-22-23(18)11-16/h3-12H,1-2H3. The van der Waals surface area contributed by atoms with Crippen LogP contribution in [0.3, 0.4) is 0 Å². The topological polar surface area (TPSA) is 43.1 Å². The average molecular weight is 300 g/mol. The van der Waals surface area contributed by atoms with Crippen LogP contribution in [0.1, 0.15) is 11.1 Å². The summed E-state index contributed by atoms with van der Waals surface area (Å²) in [7, 11) is 0. The van der Waals surface area contributed by atoms with Crippen molar-refractivity contribution in [2.24, 2.45) is 0 Å². The highest BCUT2D eigenvalue weighted by Gasteiger charge is 2.10. The largest absolute Gasteiger partial charge is 0.256 e. The Hall–Kier alpha value is -3.01. The number of hydrogen-bond donors (Lipinski definition) is 0. The molecular formula is C19H16N4. The van der Waals surface area contributed by atoms with Crippen LogP contribution >= 0.6 is 0 Å². The molecule has 0 atom stereocenters. The monoisotopic (exact) mass is 300 g/mol. The Labute approximate surface area is 134 Å². The van der Waals surface area contributed by atoms with Gasteiger partial charge < -0.3 is 0 Å². The van der Waals surface area contributed by atoms with Crippen LogP contribution in [0.15, 0.2) is 61.2 Å². The van der Waals surface area contributed by atoms with Crippen LogP contribution in [0, 0.1) is 13.8 Å². The number of hydrogen-bond acceptors (Lipinski definition) is 3. The smallest absolute Gasteiger partial charge is 0.155 e. The van der Waals surface area contributed by atoms with Gasteiger partial charge in [0.05, 0.1) is 5.69 Å². The zero-order valence-electron chi connectivity index (χ0n) is 13.1. The second kappa shape index (κ2) is 5.32. The molecule has 0 radical (unpaired) electrons. The number of fused-ring (bicyclic) bond motifs is 1. The van der Waals surface area contributed by atoms with Gasteiger partial charge in [0.1, 0.15) is 6.33 Å². The Kier molecular flexibility index (Phi) is 3.15. The molecule has 112 valence electrons. The first kappa shape index (κ1) is 13.6. The van der Waals surface area contributed by atoms with E-state index < -0.39 is 0 Å². The number of aromatic nitrogens is 4. The SMILES string of the molecule is Cc1ccc(-c2ncccc2-c2ccc3ncnn3c2)cc1C. The molecule has 0 aliphatic carbocycles. The molecule has 0 spiro atoms.